The van der Waals surface area contributed by atoms with Crippen LogP contribution in [-0.2, 0) is 10.2 Å². The second-order valence-electron chi connectivity index (χ2n) is 9.74. The van der Waals surface area contributed by atoms with E-state index in [1.807, 2.05) is 17.7 Å². The maximum absolute atomic E-state index is 12.7. The van der Waals surface area contributed by atoms with Crippen molar-refractivity contribution in [3.63, 3.8) is 0 Å². The summed E-state index contributed by atoms with van der Waals surface area (Å²) in [4.78, 5) is 12.7. The number of aromatic nitrogens is 4. The number of hydrogen-bond donors (Lipinski definition) is 1. The van der Waals surface area contributed by atoms with Gasteiger partial charge in [-0.25, -0.2) is 4.68 Å². The lowest BCUT2D eigenvalue weighted by Crippen LogP contribution is -2.48. The lowest BCUT2D eigenvalue weighted by molar-refractivity contribution is -0.115. The number of rotatable bonds is 7. The monoisotopic (exact) mass is 429 g/mol. The molecule has 4 fully saturated rings. The minimum absolute atomic E-state index is 0.0837. The summed E-state index contributed by atoms with van der Waals surface area (Å²) in [7, 11) is 0. The summed E-state index contributed by atoms with van der Waals surface area (Å²) < 4.78 is 8.00. The first-order valence-electron chi connectivity index (χ1n) is 11.3. The minimum atomic E-state index is -0.338. The standard InChI is InChI=1S/C22H31N5O2S/c1-4-13(2)27-18(5-6-23-27)24-19(28)14(3)30-21-26-25-20(29-21)22-10-15-7-16(11-22)9-17(8-15)12-22/h5-6,13-17H,4,7-12H2,1-3H3,(H,24,28)/t13-,14-,15?,16?,17?,22?/m1/s1. The molecule has 2 aromatic rings. The van der Waals surface area contributed by atoms with E-state index >= 15 is 0 Å². The van der Waals surface area contributed by atoms with Gasteiger partial charge in [0.1, 0.15) is 5.82 Å². The van der Waals surface area contributed by atoms with Crippen LogP contribution in [0.4, 0.5) is 5.82 Å². The third-order valence-electron chi connectivity index (χ3n) is 7.48. The molecule has 4 aliphatic carbocycles. The summed E-state index contributed by atoms with van der Waals surface area (Å²) in [6.07, 6.45) is 10.4. The van der Waals surface area contributed by atoms with E-state index in [1.165, 1.54) is 50.3 Å². The van der Waals surface area contributed by atoms with Gasteiger partial charge in [-0.2, -0.15) is 5.10 Å². The third-order valence-corrected chi connectivity index (χ3v) is 8.41. The second kappa shape index (κ2) is 7.70. The molecule has 4 aliphatic rings. The molecule has 1 amide bonds. The van der Waals surface area contributed by atoms with E-state index in [0.29, 0.717) is 5.22 Å². The Morgan fingerprint density at radius 2 is 1.90 bits per heavy atom. The molecule has 7 nitrogen and oxygen atoms in total. The van der Waals surface area contributed by atoms with Gasteiger partial charge in [0.05, 0.1) is 17.5 Å². The Kier molecular flexibility index (Phi) is 5.16. The molecule has 30 heavy (non-hydrogen) atoms. The summed E-state index contributed by atoms with van der Waals surface area (Å²) in [6.45, 7) is 6.07. The molecule has 6 rings (SSSR count). The summed E-state index contributed by atoms with van der Waals surface area (Å²) in [5, 5.41) is 16.2. The predicted octanol–water partition coefficient (Wildman–Crippen LogP) is 4.82. The predicted molar refractivity (Wildman–Crippen MR) is 115 cm³/mol. The van der Waals surface area contributed by atoms with E-state index < -0.39 is 0 Å². The molecule has 2 aromatic heterocycles. The number of nitrogens with one attached hydrogen (secondary N) is 1. The second-order valence-corrected chi connectivity index (χ2v) is 11.0. The molecular formula is C22H31N5O2S. The van der Waals surface area contributed by atoms with Crippen molar-refractivity contribution in [1.82, 2.24) is 20.0 Å². The Balaban J connectivity index is 1.24. The number of nitrogens with zero attached hydrogens (tertiary/aromatic N) is 4. The molecule has 8 heteroatoms. The lowest BCUT2D eigenvalue weighted by Gasteiger charge is -2.55. The third kappa shape index (κ3) is 3.57. The van der Waals surface area contributed by atoms with Crippen molar-refractivity contribution >= 4 is 23.5 Å². The molecule has 0 radical (unpaired) electrons. The maximum atomic E-state index is 12.7. The fraction of sp³-hybridized carbons (Fsp3) is 0.727. The van der Waals surface area contributed by atoms with E-state index in [2.05, 4.69) is 34.5 Å². The molecule has 2 heterocycles. The van der Waals surface area contributed by atoms with E-state index in [9.17, 15) is 4.79 Å². The SMILES string of the molecule is CC[C@@H](C)n1nccc1NC(=O)[C@@H](C)Sc1nnc(C23CC4CC(CC(C4)C2)C3)o1. The molecule has 0 aromatic carbocycles. The number of thioether (sulfide) groups is 1. The molecule has 0 aliphatic heterocycles. The first-order chi connectivity index (χ1) is 14.5. The van der Waals surface area contributed by atoms with Gasteiger partial charge in [-0.05, 0) is 76.5 Å². The van der Waals surface area contributed by atoms with E-state index in [4.69, 9.17) is 4.42 Å². The molecule has 4 bridgehead atoms. The molecule has 162 valence electrons. The first kappa shape index (κ1) is 20.1. The Hall–Kier alpha value is -1.83. The smallest absolute Gasteiger partial charge is 0.277 e. The Labute approximate surface area is 181 Å². The fourth-order valence-corrected chi connectivity index (χ4v) is 6.90. The summed E-state index contributed by atoms with van der Waals surface area (Å²) in [6, 6.07) is 2.07. The zero-order chi connectivity index (χ0) is 20.9. The van der Waals surface area contributed by atoms with Gasteiger partial charge in [0, 0.05) is 11.5 Å². The normalized spacial score (nSPS) is 31.6. The van der Waals surface area contributed by atoms with Crippen LogP contribution in [0.2, 0.25) is 0 Å². The first-order valence-corrected chi connectivity index (χ1v) is 12.2. The number of anilines is 1. The Bertz CT molecular complexity index is 887. The molecule has 2 atom stereocenters. The van der Waals surface area contributed by atoms with E-state index in [-0.39, 0.29) is 22.6 Å². The topological polar surface area (TPSA) is 85.8 Å². The Morgan fingerprint density at radius 1 is 1.23 bits per heavy atom. The van der Waals surface area contributed by atoms with Crippen LogP contribution in [0.25, 0.3) is 0 Å². The number of carbonyl (C=O) groups is 1. The van der Waals surface area contributed by atoms with Gasteiger partial charge in [-0.3, -0.25) is 4.79 Å². The quantitative estimate of drug-likeness (QED) is 0.635. The van der Waals surface area contributed by atoms with Gasteiger partial charge in [0.2, 0.25) is 11.8 Å². The molecule has 1 N–H and O–H groups in total. The van der Waals surface area contributed by atoms with Crippen LogP contribution in [-0.4, -0.2) is 31.1 Å². The highest BCUT2D eigenvalue weighted by Gasteiger charge is 2.54. The molecule has 0 saturated heterocycles. The molecular weight excluding hydrogens is 398 g/mol. The number of carbonyl (C=O) groups excluding carboxylic acids is 1. The van der Waals surface area contributed by atoms with Gasteiger partial charge >= 0.3 is 0 Å². The van der Waals surface area contributed by atoms with Gasteiger partial charge in [-0.1, -0.05) is 18.7 Å². The molecule has 0 unspecified atom stereocenters. The number of amides is 1. The van der Waals surface area contributed by atoms with Crippen LogP contribution in [0.15, 0.2) is 21.9 Å². The average molecular weight is 430 g/mol. The zero-order valence-corrected chi connectivity index (χ0v) is 18.8. The van der Waals surface area contributed by atoms with Crippen LogP contribution in [0.3, 0.4) is 0 Å². The van der Waals surface area contributed by atoms with E-state index in [0.717, 1.165) is 35.9 Å². The minimum Gasteiger partial charge on any atom is -0.415 e. The van der Waals surface area contributed by atoms with Crippen molar-refractivity contribution in [2.24, 2.45) is 17.8 Å². The summed E-state index contributed by atoms with van der Waals surface area (Å²) in [5.74, 6) is 3.95. The van der Waals surface area contributed by atoms with Crippen molar-refractivity contribution in [2.45, 2.75) is 87.6 Å². The van der Waals surface area contributed by atoms with Gasteiger partial charge in [-0.15, -0.1) is 10.2 Å². The van der Waals surface area contributed by atoms with Crippen LogP contribution < -0.4 is 5.32 Å². The Morgan fingerprint density at radius 3 is 2.53 bits per heavy atom. The zero-order valence-electron chi connectivity index (χ0n) is 18.0. The number of hydrogen-bond acceptors (Lipinski definition) is 6. The molecule has 4 saturated carbocycles. The van der Waals surface area contributed by atoms with Crippen molar-refractivity contribution in [1.29, 1.82) is 0 Å². The van der Waals surface area contributed by atoms with Crippen molar-refractivity contribution in [2.75, 3.05) is 5.32 Å². The van der Waals surface area contributed by atoms with Gasteiger partial charge in [0.15, 0.2) is 0 Å². The summed E-state index contributed by atoms with van der Waals surface area (Å²) in [5.41, 5.74) is 0.0921. The van der Waals surface area contributed by atoms with E-state index in [1.54, 1.807) is 6.20 Å². The molecule has 0 spiro atoms. The van der Waals surface area contributed by atoms with Crippen molar-refractivity contribution in [3.8, 4) is 0 Å². The largest absolute Gasteiger partial charge is 0.415 e. The van der Waals surface area contributed by atoms with Gasteiger partial charge in [0.25, 0.3) is 5.22 Å². The van der Waals surface area contributed by atoms with Crippen LogP contribution in [0.5, 0.6) is 0 Å². The summed E-state index contributed by atoms with van der Waals surface area (Å²) >= 11 is 1.34. The lowest BCUT2D eigenvalue weighted by atomic mass is 9.49. The maximum Gasteiger partial charge on any atom is 0.277 e. The van der Waals surface area contributed by atoms with Crippen LogP contribution in [0.1, 0.15) is 77.6 Å². The van der Waals surface area contributed by atoms with Crippen molar-refractivity contribution < 1.29 is 9.21 Å². The highest BCUT2D eigenvalue weighted by Crippen LogP contribution is 2.60. The average Bonchev–Trinajstić information content (AvgIpc) is 3.36. The van der Waals surface area contributed by atoms with Crippen LogP contribution in [0, 0.1) is 17.8 Å². The van der Waals surface area contributed by atoms with Gasteiger partial charge < -0.3 is 9.73 Å². The highest BCUT2D eigenvalue weighted by molar-refractivity contribution is 8.00. The highest BCUT2D eigenvalue weighted by atomic mass is 32.2. The fourth-order valence-electron chi connectivity index (χ4n) is 6.21. The van der Waals surface area contributed by atoms with Crippen molar-refractivity contribution in [3.05, 3.63) is 18.2 Å². The van der Waals surface area contributed by atoms with Crippen LogP contribution >= 0.6 is 11.8 Å².